The van der Waals surface area contributed by atoms with Crippen molar-refractivity contribution in [3.63, 3.8) is 0 Å². The van der Waals surface area contributed by atoms with Crippen LogP contribution in [0, 0.1) is 0 Å². The highest BCUT2D eigenvalue weighted by atomic mass is 19.4. The van der Waals surface area contributed by atoms with Crippen LogP contribution in [0.5, 0.6) is 0 Å². The third-order valence-corrected chi connectivity index (χ3v) is 2.85. The zero-order valence-corrected chi connectivity index (χ0v) is 9.60. The van der Waals surface area contributed by atoms with Crippen molar-refractivity contribution in [2.24, 2.45) is 5.73 Å². The summed E-state index contributed by atoms with van der Waals surface area (Å²) in [6, 6.07) is 0.191. The van der Waals surface area contributed by atoms with Crippen LogP contribution in [0.1, 0.15) is 38.5 Å². The Balaban J connectivity index is 2.13. The number of nitrogens with zero attached hydrogens (tertiary/aromatic N) is 1. The first-order valence-corrected chi connectivity index (χ1v) is 6.04. The number of hydrogen-bond donors (Lipinski definition) is 1. The maximum Gasteiger partial charge on any atom is 0.401 e. The van der Waals surface area contributed by atoms with Gasteiger partial charge in [-0.1, -0.05) is 12.8 Å². The molecule has 0 spiro atoms. The van der Waals surface area contributed by atoms with E-state index in [1.54, 1.807) is 4.90 Å². The molecule has 1 aliphatic carbocycles. The molecule has 1 fully saturated rings. The monoisotopic (exact) mass is 238 g/mol. The molecule has 1 aliphatic rings. The number of unbranched alkanes of at least 4 members (excludes halogenated alkanes) is 3. The summed E-state index contributed by atoms with van der Waals surface area (Å²) in [5.74, 6) is 0. The van der Waals surface area contributed by atoms with Gasteiger partial charge in [-0.15, -0.1) is 0 Å². The largest absolute Gasteiger partial charge is 0.401 e. The van der Waals surface area contributed by atoms with Crippen LogP contribution in [-0.4, -0.2) is 36.8 Å². The first kappa shape index (κ1) is 13.8. The molecule has 1 saturated carbocycles. The van der Waals surface area contributed by atoms with Gasteiger partial charge in [-0.3, -0.25) is 4.90 Å². The van der Waals surface area contributed by atoms with Crippen LogP contribution in [0.25, 0.3) is 0 Å². The molecule has 0 aromatic rings. The van der Waals surface area contributed by atoms with Gasteiger partial charge >= 0.3 is 6.18 Å². The van der Waals surface area contributed by atoms with Crippen molar-refractivity contribution < 1.29 is 13.2 Å². The van der Waals surface area contributed by atoms with Crippen LogP contribution < -0.4 is 5.73 Å². The zero-order valence-electron chi connectivity index (χ0n) is 9.60. The second-order valence-electron chi connectivity index (χ2n) is 4.52. The number of hydrogen-bond acceptors (Lipinski definition) is 2. The lowest BCUT2D eigenvalue weighted by atomic mass is 10.2. The van der Waals surface area contributed by atoms with E-state index in [9.17, 15) is 13.2 Å². The van der Waals surface area contributed by atoms with E-state index in [4.69, 9.17) is 5.73 Å². The molecule has 1 rings (SSSR count). The predicted molar refractivity (Wildman–Crippen MR) is 58.2 cm³/mol. The Morgan fingerprint density at radius 1 is 1.06 bits per heavy atom. The maximum atomic E-state index is 12.3. The number of halogens is 3. The Bertz CT molecular complexity index is 190. The molecule has 96 valence electrons. The summed E-state index contributed by atoms with van der Waals surface area (Å²) in [7, 11) is 0. The average Bonchev–Trinajstić information content (AvgIpc) is 2.97. The van der Waals surface area contributed by atoms with Crippen LogP contribution in [0.3, 0.4) is 0 Å². The van der Waals surface area contributed by atoms with Gasteiger partial charge in [-0.25, -0.2) is 0 Å². The van der Waals surface area contributed by atoms with Crippen molar-refractivity contribution in [2.45, 2.75) is 50.7 Å². The third-order valence-electron chi connectivity index (χ3n) is 2.85. The molecule has 0 radical (unpaired) electrons. The second kappa shape index (κ2) is 6.45. The highest BCUT2D eigenvalue weighted by Crippen LogP contribution is 2.30. The molecule has 0 amide bonds. The number of alkyl halides is 3. The zero-order chi connectivity index (χ0) is 12.0. The fourth-order valence-corrected chi connectivity index (χ4v) is 1.87. The lowest BCUT2D eigenvalue weighted by molar-refractivity contribution is -0.147. The van der Waals surface area contributed by atoms with Crippen molar-refractivity contribution in [1.82, 2.24) is 4.90 Å². The van der Waals surface area contributed by atoms with Gasteiger partial charge in [-0.2, -0.15) is 13.2 Å². The standard InChI is InChI=1S/C11H21F3N2/c12-11(13,14)9-16(10-5-6-10)8-4-2-1-3-7-15/h10H,1-9,15H2. The van der Waals surface area contributed by atoms with Gasteiger partial charge in [0.25, 0.3) is 0 Å². The summed E-state index contributed by atoms with van der Waals surface area (Å²) in [6.45, 7) is 0.512. The molecule has 2 N–H and O–H groups in total. The van der Waals surface area contributed by atoms with E-state index in [0.717, 1.165) is 38.5 Å². The van der Waals surface area contributed by atoms with E-state index in [1.807, 2.05) is 0 Å². The lowest BCUT2D eigenvalue weighted by Crippen LogP contribution is -2.36. The van der Waals surface area contributed by atoms with Crippen LogP contribution in [0.15, 0.2) is 0 Å². The first-order chi connectivity index (χ1) is 7.53. The highest BCUT2D eigenvalue weighted by Gasteiger charge is 2.37. The van der Waals surface area contributed by atoms with Crippen molar-refractivity contribution in [1.29, 1.82) is 0 Å². The van der Waals surface area contributed by atoms with Crippen molar-refractivity contribution >= 4 is 0 Å². The molecule has 0 atom stereocenters. The predicted octanol–water partition coefficient (Wildman–Crippen LogP) is 2.53. The van der Waals surface area contributed by atoms with Gasteiger partial charge in [0.15, 0.2) is 0 Å². The van der Waals surface area contributed by atoms with Crippen LogP contribution in [0.4, 0.5) is 13.2 Å². The minimum absolute atomic E-state index is 0.191. The molecule has 0 bridgehead atoms. The molecule has 16 heavy (non-hydrogen) atoms. The SMILES string of the molecule is NCCCCCCN(CC(F)(F)F)C1CC1. The minimum Gasteiger partial charge on any atom is -0.330 e. The van der Waals surface area contributed by atoms with Crippen molar-refractivity contribution in [3.05, 3.63) is 0 Å². The summed E-state index contributed by atoms with van der Waals surface area (Å²) < 4.78 is 36.8. The highest BCUT2D eigenvalue weighted by molar-refractivity contribution is 4.85. The maximum absolute atomic E-state index is 12.3. The molecule has 0 aliphatic heterocycles. The van der Waals surface area contributed by atoms with Crippen molar-refractivity contribution in [3.8, 4) is 0 Å². The van der Waals surface area contributed by atoms with Crippen molar-refractivity contribution in [2.75, 3.05) is 19.6 Å². The summed E-state index contributed by atoms with van der Waals surface area (Å²) in [4.78, 5) is 1.59. The van der Waals surface area contributed by atoms with Gasteiger partial charge in [0.1, 0.15) is 0 Å². The summed E-state index contributed by atoms with van der Waals surface area (Å²) in [5.41, 5.74) is 5.35. The minimum atomic E-state index is -4.06. The molecule has 0 heterocycles. The molecule has 5 heteroatoms. The molecule has 0 aromatic heterocycles. The van der Waals surface area contributed by atoms with Gasteiger partial charge in [0, 0.05) is 6.04 Å². The molecule has 0 saturated heterocycles. The Labute approximate surface area is 95.0 Å². The van der Waals surface area contributed by atoms with E-state index in [0.29, 0.717) is 13.1 Å². The Morgan fingerprint density at radius 3 is 2.19 bits per heavy atom. The van der Waals surface area contributed by atoms with E-state index in [-0.39, 0.29) is 6.04 Å². The van der Waals surface area contributed by atoms with Gasteiger partial charge in [0.2, 0.25) is 0 Å². The Kier molecular flexibility index (Phi) is 5.55. The average molecular weight is 238 g/mol. The van der Waals surface area contributed by atoms with Gasteiger partial charge in [0.05, 0.1) is 6.54 Å². The van der Waals surface area contributed by atoms with E-state index < -0.39 is 12.7 Å². The molecular weight excluding hydrogens is 217 g/mol. The Morgan fingerprint density at radius 2 is 1.69 bits per heavy atom. The van der Waals surface area contributed by atoms with Gasteiger partial charge in [-0.05, 0) is 38.8 Å². The lowest BCUT2D eigenvalue weighted by Gasteiger charge is -2.23. The number of nitrogens with two attached hydrogens (primary N) is 1. The van der Waals surface area contributed by atoms with E-state index >= 15 is 0 Å². The summed E-state index contributed by atoms with van der Waals surface area (Å²) in [6.07, 6.45) is 1.65. The molecular formula is C11H21F3N2. The number of rotatable bonds is 8. The topological polar surface area (TPSA) is 29.3 Å². The first-order valence-electron chi connectivity index (χ1n) is 6.04. The summed E-state index contributed by atoms with van der Waals surface area (Å²) >= 11 is 0. The third kappa shape index (κ3) is 6.33. The second-order valence-corrected chi connectivity index (χ2v) is 4.52. The van der Waals surface area contributed by atoms with E-state index in [2.05, 4.69) is 0 Å². The quantitative estimate of drug-likeness (QED) is 0.658. The smallest absolute Gasteiger partial charge is 0.330 e. The van der Waals surface area contributed by atoms with E-state index in [1.165, 1.54) is 0 Å². The van der Waals surface area contributed by atoms with Crippen LogP contribution in [-0.2, 0) is 0 Å². The molecule has 0 aromatic carbocycles. The fraction of sp³-hybridized carbons (Fsp3) is 1.00. The fourth-order valence-electron chi connectivity index (χ4n) is 1.87. The normalized spacial score (nSPS) is 17.1. The molecule has 2 nitrogen and oxygen atoms in total. The van der Waals surface area contributed by atoms with Crippen LogP contribution in [0.2, 0.25) is 0 Å². The summed E-state index contributed by atoms with van der Waals surface area (Å²) in [5, 5.41) is 0. The van der Waals surface area contributed by atoms with Crippen LogP contribution >= 0.6 is 0 Å². The van der Waals surface area contributed by atoms with Gasteiger partial charge < -0.3 is 5.73 Å². The Hall–Kier alpha value is -0.290. The molecule has 0 unspecified atom stereocenters.